The van der Waals surface area contributed by atoms with Gasteiger partial charge in [0.2, 0.25) is 5.91 Å². The van der Waals surface area contributed by atoms with Crippen molar-refractivity contribution in [2.24, 2.45) is 0 Å². The molecule has 1 amide bonds. The average molecular weight is 350 g/mol. The molecule has 134 valence electrons. The minimum Gasteiger partial charge on any atom is -0.331 e. The molecule has 1 fully saturated rings. The van der Waals surface area contributed by atoms with Crippen molar-refractivity contribution in [1.82, 2.24) is 29.4 Å². The Morgan fingerprint density at radius 3 is 2.85 bits per heavy atom. The van der Waals surface area contributed by atoms with Crippen LogP contribution >= 0.6 is 0 Å². The largest absolute Gasteiger partial charge is 0.331 e. The van der Waals surface area contributed by atoms with Crippen molar-refractivity contribution < 1.29 is 4.79 Å². The van der Waals surface area contributed by atoms with Crippen molar-refractivity contribution in [1.29, 1.82) is 0 Å². The van der Waals surface area contributed by atoms with Gasteiger partial charge in [0.1, 0.15) is 12.9 Å². The highest BCUT2D eigenvalue weighted by molar-refractivity contribution is 5.76. The van der Waals surface area contributed by atoms with Crippen molar-refractivity contribution in [3.05, 3.63) is 60.4 Å². The summed E-state index contributed by atoms with van der Waals surface area (Å²) in [6.07, 6.45) is 8.38. The van der Waals surface area contributed by atoms with Crippen molar-refractivity contribution >= 4 is 5.91 Å². The van der Waals surface area contributed by atoms with Crippen LogP contribution in [0.1, 0.15) is 36.7 Å². The van der Waals surface area contributed by atoms with Gasteiger partial charge in [-0.05, 0) is 43.9 Å². The first-order chi connectivity index (χ1) is 12.7. The minimum atomic E-state index is -0.0596. The van der Waals surface area contributed by atoms with Crippen molar-refractivity contribution in [2.45, 2.75) is 38.8 Å². The molecule has 7 heteroatoms. The molecular weight excluding hydrogens is 328 g/mol. The van der Waals surface area contributed by atoms with E-state index in [0.29, 0.717) is 0 Å². The minimum absolute atomic E-state index is 0.0596. The second-order valence-corrected chi connectivity index (χ2v) is 6.71. The highest BCUT2D eigenvalue weighted by Crippen LogP contribution is 2.31. The fourth-order valence-electron chi connectivity index (χ4n) is 3.54. The van der Waals surface area contributed by atoms with Gasteiger partial charge >= 0.3 is 0 Å². The molecule has 7 nitrogen and oxygen atoms in total. The molecule has 0 bridgehead atoms. The molecular formula is C19H22N6O. The predicted molar refractivity (Wildman–Crippen MR) is 96.6 cm³/mol. The van der Waals surface area contributed by atoms with E-state index in [1.165, 1.54) is 0 Å². The number of nitrogens with zero attached hydrogens (tertiary/aromatic N) is 6. The highest BCUT2D eigenvalue weighted by atomic mass is 16.2. The first kappa shape index (κ1) is 16.5. The van der Waals surface area contributed by atoms with Crippen LogP contribution in [-0.4, -0.2) is 41.9 Å². The van der Waals surface area contributed by atoms with Crippen LogP contribution in [0.3, 0.4) is 0 Å². The lowest BCUT2D eigenvalue weighted by Crippen LogP contribution is -2.41. The average Bonchev–Trinajstić information content (AvgIpc) is 3.31. The fraction of sp³-hybridized carbons (Fsp3) is 0.368. The number of carbonyl (C=O) groups excluding carboxylic acids is 1. The number of amides is 1. The third-order valence-electron chi connectivity index (χ3n) is 4.79. The molecule has 2 aromatic heterocycles. The lowest BCUT2D eigenvalue weighted by Gasteiger charge is -2.35. The summed E-state index contributed by atoms with van der Waals surface area (Å²) in [6, 6.07) is 9.95. The molecule has 0 radical (unpaired) electrons. The molecule has 1 aliphatic heterocycles. The Balaban J connectivity index is 1.60. The molecule has 1 saturated heterocycles. The summed E-state index contributed by atoms with van der Waals surface area (Å²) in [5.74, 6) is 0.890. The van der Waals surface area contributed by atoms with Gasteiger partial charge in [0.25, 0.3) is 0 Å². The molecule has 0 N–H and O–H groups in total. The van der Waals surface area contributed by atoms with Crippen LogP contribution in [0.15, 0.2) is 49.1 Å². The molecule has 1 aromatic carbocycles. The normalized spacial score (nSPS) is 17.4. The van der Waals surface area contributed by atoms with Crippen LogP contribution in [-0.2, 0) is 11.3 Å². The number of aryl methyl sites for hydroxylation is 1. The monoisotopic (exact) mass is 350 g/mol. The maximum Gasteiger partial charge on any atom is 0.244 e. The fourth-order valence-corrected chi connectivity index (χ4v) is 3.54. The first-order valence-electron chi connectivity index (χ1n) is 8.96. The van der Waals surface area contributed by atoms with Crippen molar-refractivity contribution in [2.75, 3.05) is 6.54 Å². The summed E-state index contributed by atoms with van der Waals surface area (Å²) in [6.45, 7) is 2.97. The van der Waals surface area contributed by atoms with Gasteiger partial charge in [-0.2, -0.15) is 5.10 Å². The molecule has 0 spiro atoms. The van der Waals surface area contributed by atoms with Gasteiger partial charge in [0, 0.05) is 18.4 Å². The Labute approximate surface area is 152 Å². The maximum absolute atomic E-state index is 12.9. The van der Waals surface area contributed by atoms with Gasteiger partial charge in [0.05, 0.1) is 12.2 Å². The highest BCUT2D eigenvalue weighted by Gasteiger charge is 2.31. The molecule has 1 atom stereocenters. The van der Waals surface area contributed by atoms with E-state index in [2.05, 4.69) is 15.3 Å². The number of aromatic nitrogens is 5. The van der Waals surface area contributed by atoms with E-state index in [-0.39, 0.29) is 18.5 Å². The van der Waals surface area contributed by atoms with Gasteiger partial charge < -0.3 is 4.90 Å². The summed E-state index contributed by atoms with van der Waals surface area (Å²) in [7, 11) is 0. The van der Waals surface area contributed by atoms with Crippen molar-refractivity contribution in [3.8, 4) is 5.69 Å². The molecule has 3 aromatic rings. The zero-order valence-corrected chi connectivity index (χ0v) is 14.8. The van der Waals surface area contributed by atoms with Gasteiger partial charge in [-0.1, -0.05) is 18.2 Å². The number of likely N-dealkylation sites (tertiary alicyclic amines) is 1. The molecule has 1 aliphatic rings. The maximum atomic E-state index is 12.9. The summed E-state index contributed by atoms with van der Waals surface area (Å²) >= 11 is 0. The number of benzene rings is 1. The van der Waals surface area contributed by atoms with Gasteiger partial charge in [-0.25, -0.2) is 0 Å². The van der Waals surface area contributed by atoms with Crippen LogP contribution in [0.5, 0.6) is 0 Å². The van der Waals surface area contributed by atoms with Crippen LogP contribution in [0.4, 0.5) is 0 Å². The SMILES string of the molecule is Cc1cnn(CC(=O)N2CCCCC2c2nncn2-c2ccccc2)c1. The second kappa shape index (κ2) is 7.11. The Kier molecular flexibility index (Phi) is 4.51. The summed E-state index contributed by atoms with van der Waals surface area (Å²) in [4.78, 5) is 14.9. The van der Waals surface area contributed by atoms with Crippen LogP contribution in [0.25, 0.3) is 5.69 Å². The van der Waals surface area contributed by atoms with Crippen LogP contribution in [0, 0.1) is 6.92 Å². The van der Waals surface area contributed by atoms with Crippen LogP contribution in [0.2, 0.25) is 0 Å². The number of hydrogen-bond acceptors (Lipinski definition) is 4. The van der Waals surface area contributed by atoms with E-state index in [9.17, 15) is 4.79 Å². The third-order valence-corrected chi connectivity index (χ3v) is 4.79. The zero-order valence-electron chi connectivity index (χ0n) is 14.8. The summed E-state index contributed by atoms with van der Waals surface area (Å²) in [5.41, 5.74) is 2.06. The lowest BCUT2D eigenvalue weighted by molar-refractivity contribution is -0.136. The number of para-hydroxylation sites is 1. The molecule has 26 heavy (non-hydrogen) atoms. The number of piperidine rings is 1. The molecule has 1 unspecified atom stereocenters. The van der Waals surface area contributed by atoms with E-state index in [1.54, 1.807) is 17.2 Å². The number of hydrogen-bond donors (Lipinski definition) is 0. The molecule has 3 heterocycles. The Morgan fingerprint density at radius 1 is 1.23 bits per heavy atom. The topological polar surface area (TPSA) is 68.8 Å². The summed E-state index contributed by atoms with van der Waals surface area (Å²) in [5, 5.41) is 12.7. The van der Waals surface area contributed by atoms with E-state index in [1.807, 2.05) is 52.9 Å². The zero-order chi connectivity index (χ0) is 17.9. The standard InChI is InChI=1S/C19H22N6O/c1-15-11-21-23(12-15)13-18(26)24-10-6-5-9-17(24)19-22-20-14-25(19)16-7-3-2-4-8-16/h2-4,7-8,11-12,14,17H,5-6,9-10,13H2,1H3. The molecule has 0 saturated carbocycles. The van der Waals surface area contributed by atoms with E-state index < -0.39 is 0 Å². The van der Waals surface area contributed by atoms with Crippen molar-refractivity contribution in [3.63, 3.8) is 0 Å². The quantitative estimate of drug-likeness (QED) is 0.725. The smallest absolute Gasteiger partial charge is 0.244 e. The van der Waals surface area contributed by atoms with E-state index >= 15 is 0 Å². The second-order valence-electron chi connectivity index (χ2n) is 6.71. The lowest BCUT2D eigenvalue weighted by atomic mass is 10.0. The third kappa shape index (κ3) is 3.24. The molecule has 4 rings (SSSR count). The van der Waals surface area contributed by atoms with E-state index in [0.717, 1.165) is 42.9 Å². The Morgan fingerprint density at radius 2 is 2.08 bits per heavy atom. The number of carbonyl (C=O) groups is 1. The van der Waals surface area contributed by atoms with Gasteiger partial charge in [-0.3, -0.25) is 14.0 Å². The predicted octanol–water partition coefficient (Wildman–Crippen LogP) is 2.53. The van der Waals surface area contributed by atoms with Gasteiger partial charge in [-0.15, -0.1) is 10.2 Å². The first-order valence-corrected chi connectivity index (χ1v) is 8.96. The molecule has 0 aliphatic carbocycles. The summed E-state index contributed by atoms with van der Waals surface area (Å²) < 4.78 is 3.68. The Hall–Kier alpha value is -2.96. The number of rotatable bonds is 4. The Bertz CT molecular complexity index is 884. The van der Waals surface area contributed by atoms with Gasteiger partial charge in [0.15, 0.2) is 5.82 Å². The van der Waals surface area contributed by atoms with Crippen LogP contribution < -0.4 is 0 Å². The van der Waals surface area contributed by atoms with E-state index in [4.69, 9.17) is 0 Å².